The number of nitrogens with zero attached hydrogens (tertiary/aromatic N) is 2. The van der Waals surface area contributed by atoms with Crippen LogP contribution in [0.4, 0.5) is 10.5 Å². The van der Waals surface area contributed by atoms with Gasteiger partial charge < -0.3 is 25.6 Å². The van der Waals surface area contributed by atoms with Crippen LogP contribution in [0, 0.1) is 0 Å². The maximum atomic E-state index is 12.9. The highest BCUT2D eigenvalue weighted by atomic mass is 35.5. The second kappa shape index (κ2) is 10.0. The number of benzene rings is 2. The Labute approximate surface area is 195 Å². The van der Waals surface area contributed by atoms with E-state index in [9.17, 15) is 19.2 Å². The maximum absolute atomic E-state index is 12.9. The van der Waals surface area contributed by atoms with E-state index < -0.39 is 11.9 Å². The molecule has 1 unspecified atom stereocenters. The van der Waals surface area contributed by atoms with E-state index in [1.54, 1.807) is 37.4 Å². The van der Waals surface area contributed by atoms with Gasteiger partial charge in [0, 0.05) is 47.9 Å². The highest BCUT2D eigenvalue weighted by Gasteiger charge is 2.36. The number of carbonyl (C=O) groups is 4. The number of aldehydes is 1. The van der Waals surface area contributed by atoms with Crippen molar-refractivity contribution >= 4 is 53.0 Å². The zero-order valence-corrected chi connectivity index (χ0v) is 18.8. The molecule has 1 aliphatic rings. The van der Waals surface area contributed by atoms with Gasteiger partial charge in [0.2, 0.25) is 5.91 Å². The summed E-state index contributed by atoms with van der Waals surface area (Å²) in [5.41, 5.74) is 7.87. The number of halogens is 2. The molecule has 0 fully saturated rings. The van der Waals surface area contributed by atoms with Gasteiger partial charge in [-0.2, -0.15) is 0 Å². The van der Waals surface area contributed by atoms with E-state index >= 15 is 0 Å². The summed E-state index contributed by atoms with van der Waals surface area (Å²) in [6.45, 7) is 0.399. The Morgan fingerprint density at radius 2 is 1.94 bits per heavy atom. The summed E-state index contributed by atoms with van der Waals surface area (Å²) in [5.74, 6) is -0.983. The molecular weight excluding hydrogens is 455 g/mol. The van der Waals surface area contributed by atoms with E-state index in [4.69, 9.17) is 28.9 Å². The molecule has 2 aromatic carbocycles. The van der Waals surface area contributed by atoms with Crippen molar-refractivity contribution in [2.45, 2.75) is 32.0 Å². The minimum atomic E-state index is -0.874. The van der Waals surface area contributed by atoms with E-state index in [1.807, 2.05) is 6.07 Å². The van der Waals surface area contributed by atoms with Crippen molar-refractivity contribution in [2.24, 2.45) is 5.73 Å². The third kappa shape index (κ3) is 5.20. The first kappa shape index (κ1) is 23.6. The molecule has 32 heavy (non-hydrogen) atoms. The van der Waals surface area contributed by atoms with Crippen molar-refractivity contribution in [3.05, 3.63) is 63.1 Å². The third-order valence-electron chi connectivity index (χ3n) is 5.22. The van der Waals surface area contributed by atoms with Crippen LogP contribution in [0.2, 0.25) is 10.0 Å². The van der Waals surface area contributed by atoms with Crippen LogP contribution in [-0.2, 0) is 22.7 Å². The van der Waals surface area contributed by atoms with E-state index in [-0.39, 0.29) is 37.9 Å². The molecule has 8 nitrogen and oxygen atoms in total. The summed E-state index contributed by atoms with van der Waals surface area (Å²) in [6, 6.07) is 8.69. The minimum absolute atomic E-state index is 0.122. The first-order chi connectivity index (χ1) is 15.2. The molecule has 4 amide bonds. The Kier molecular flexibility index (Phi) is 7.37. The number of anilines is 1. The normalized spacial score (nSPS) is 13.5. The van der Waals surface area contributed by atoms with Gasteiger partial charge in [0.05, 0.1) is 0 Å². The zero-order valence-electron chi connectivity index (χ0n) is 17.3. The predicted octanol–water partition coefficient (Wildman–Crippen LogP) is 3.45. The van der Waals surface area contributed by atoms with Crippen molar-refractivity contribution in [2.75, 3.05) is 12.4 Å². The molecule has 1 aliphatic heterocycles. The van der Waals surface area contributed by atoms with Gasteiger partial charge in [-0.1, -0.05) is 35.3 Å². The Morgan fingerprint density at radius 3 is 2.56 bits per heavy atom. The standard InChI is InChI=1S/C22H22Cl2N4O4/c1-27(22(32)26-16-9-14(23)8-15(24)10-16)11-13-4-2-5-17-18(13)12-28(21(17)31)19(20(25)30)6-3-7-29/h2,4-5,7-10,19H,3,6,11-12H2,1H3,(H2,25,30)(H,26,32). The van der Waals surface area contributed by atoms with Crippen molar-refractivity contribution in [1.29, 1.82) is 0 Å². The summed E-state index contributed by atoms with van der Waals surface area (Å²) in [6.07, 6.45) is 0.977. The summed E-state index contributed by atoms with van der Waals surface area (Å²) >= 11 is 12.0. The molecule has 0 aliphatic carbocycles. The molecule has 0 aromatic heterocycles. The van der Waals surface area contributed by atoms with Gasteiger partial charge in [0.1, 0.15) is 12.3 Å². The van der Waals surface area contributed by atoms with Gasteiger partial charge in [-0.3, -0.25) is 9.59 Å². The van der Waals surface area contributed by atoms with E-state index in [0.29, 0.717) is 27.6 Å². The second-order valence-corrected chi connectivity index (χ2v) is 8.36. The summed E-state index contributed by atoms with van der Waals surface area (Å²) in [7, 11) is 1.62. The quantitative estimate of drug-likeness (QED) is 0.567. The number of fused-ring (bicyclic) bond motifs is 1. The van der Waals surface area contributed by atoms with Crippen LogP contribution < -0.4 is 11.1 Å². The van der Waals surface area contributed by atoms with Crippen molar-refractivity contribution in [3.63, 3.8) is 0 Å². The van der Waals surface area contributed by atoms with E-state index in [1.165, 1.54) is 9.80 Å². The SMILES string of the molecule is CN(Cc1cccc2c1CN(C(CCC=O)C(N)=O)C2=O)C(=O)Nc1cc(Cl)cc(Cl)c1. The number of urea groups is 1. The molecule has 1 heterocycles. The molecular formula is C22H22Cl2N4O4. The number of nitrogens with one attached hydrogen (secondary N) is 1. The van der Waals surface area contributed by atoms with Gasteiger partial charge in [-0.15, -0.1) is 0 Å². The number of primary amides is 1. The van der Waals surface area contributed by atoms with Gasteiger partial charge in [-0.25, -0.2) is 4.79 Å². The average Bonchev–Trinajstić information content (AvgIpc) is 3.05. The first-order valence-corrected chi connectivity index (χ1v) is 10.6. The van der Waals surface area contributed by atoms with Crippen molar-refractivity contribution < 1.29 is 19.2 Å². The molecule has 0 bridgehead atoms. The molecule has 0 saturated heterocycles. The Hall–Kier alpha value is -3.10. The molecule has 0 spiro atoms. The fraction of sp³-hybridized carbons (Fsp3) is 0.273. The van der Waals surface area contributed by atoms with Gasteiger partial charge in [0.25, 0.3) is 5.91 Å². The van der Waals surface area contributed by atoms with Crippen LogP contribution in [0.25, 0.3) is 0 Å². The monoisotopic (exact) mass is 476 g/mol. The van der Waals surface area contributed by atoms with Gasteiger partial charge in [-0.05, 0) is 41.8 Å². The minimum Gasteiger partial charge on any atom is -0.368 e. The fourth-order valence-electron chi connectivity index (χ4n) is 3.67. The van der Waals surface area contributed by atoms with Gasteiger partial charge in [0.15, 0.2) is 0 Å². The second-order valence-electron chi connectivity index (χ2n) is 7.48. The number of hydrogen-bond donors (Lipinski definition) is 2. The predicted molar refractivity (Wildman–Crippen MR) is 122 cm³/mol. The highest BCUT2D eigenvalue weighted by molar-refractivity contribution is 6.35. The molecule has 3 rings (SSSR count). The van der Waals surface area contributed by atoms with Crippen LogP contribution in [0.3, 0.4) is 0 Å². The number of rotatable bonds is 8. The molecule has 10 heteroatoms. The number of carbonyl (C=O) groups excluding carboxylic acids is 4. The van der Waals surface area contributed by atoms with Crippen LogP contribution in [0.5, 0.6) is 0 Å². The molecule has 0 saturated carbocycles. The lowest BCUT2D eigenvalue weighted by molar-refractivity contribution is -0.122. The topological polar surface area (TPSA) is 113 Å². The van der Waals surface area contributed by atoms with Crippen LogP contribution >= 0.6 is 23.2 Å². The summed E-state index contributed by atoms with van der Waals surface area (Å²) < 4.78 is 0. The molecule has 1 atom stereocenters. The molecule has 2 aromatic rings. The molecule has 0 radical (unpaired) electrons. The average molecular weight is 477 g/mol. The van der Waals surface area contributed by atoms with Crippen molar-refractivity contribution in [3.8, 4) is 0 Å². The largest absolute Gasteiger partial charge is 0.368 e. The molecule has 3 N–H and O–H groups in total. The molecule has 168 valence electrons. The lowest BCUT2D eigenvalue weighted by Gasteiger charge is -2.24. The van der Waals surface area contributed by atoms with Crippen LogP contribution in [0.1, 0.15) is 34.3 Å². The smallest absolute Gasteiger partial charge is 0.321 e. The van der Waals surface area contributed by atoms with E-state index in [2.05, 4.69) is 5.32 Å². The lowest BCUT2D eigenvalue weighted by Crippen LogP contribution is -2.44. The summed E-state index contributed by atoms with van der Waals surface area (Å²) in [4.78, 5) is 51.0. The lowest BCUT2D eigenvalue weighted by atomic mass is 10.0. The third-order valence-corrected chi connectivity index (χ3v) is 5.66. The zero-order chi connectivity index (χ0) is 23.4. The summed E-state index contributed by atoms with van der Waals surface area (Å²) in [5, 5.41) is 3.53. The number of hydrogen-bond acceptors (Lipinski definition) is 4. The maximum Gasteiger partial charge on any atom is 0.321 e. The fourth-order valence-corrected chi connectivity index (χ4v) is 4.19. The Balaban J connectivity index is 1.76. The van der Waals surface area contributed by atoms with Crippen LogP contribution in [0.15, 0.2) is 36.4 Å². The van der Waals surface area contributed by atoms with Crippen molar-refractivity contribution in [1.82, 2.24) is 9.80 Å². The Morgan fingerprint density at radius 1 is 1.25 bits per heavy atom. The Bertz CT molecular complexity index is 1060. The van der Waals surface area contributed by atoms with Gasteiger partial charge >= 0.3 is 6.03 Å². The highest BCUT2D eigenvalue weighted by Crippen LogP contribution is 2.29. The number of nitrogens with two attached hydrogens (primary N) is 1. The number of amides is 4. The first-order valence-electron chi connectivity index (χ1n) is 9.84. The van der Waals surface area contributed by atoms with Crippen LogP contribution in [-0.4, -0.2) is 47.0 Å². The van der Waals surface area contributed by atoms with E-state index in [0.717, 1.165) is 11.1 Å².